The van der Waals surface area contributed by atoms with Gasteiger partial charge in [0.2, 0.25) is 0 Å². The van der Waals surface area contributed by atoms with Crippen molar-refractivity contribution < 1.29 is 9.53 Å². The molecule has 0 aliphatic rings. The molecule has 1 atom stereocenters. The second-order valence-electron chi connectivity index (χ2n) is 5.04. The predicted octanol–water partition coefficient (Wildman–Crippen LogP) is 2.86. The number of hydrogen-bond acceptors (Lipinski definition) is 4. The number of hydrogen-bond donors (Lipinski definition) is 1. The highest BCUT2D eigenvalue weighted by Crippen LogP contribution is 2.32. The molecule has 0 bridgehead atoms. The van der Waals surface area contributed by atoms with E-state index in [2.05, 4.69) is 16.4 Å². The van der Waals surface area contributed by atoms with Crippen LogP contribution in [0.4, 0.5) is 0 Å². The highest BCUT2D eigenvalue weighted by Gasteiger charge is 2.18. The fourth-order valence-corrected chi connectivity index (χ4v) is 2.44. The van der Waals surface area contributed by atoms with E-state index < -0.39 is 5.97 Å². The largest absolute Gasteiger partial charge is 0.466 e. The van der Waals surface area contributed by atoms with Crippen LogP contribution in [0.2, 0.25) is 5.02 Å². The minimum absolute atomic E-state index is 0.307. The maximum atomic E-state index is 11.5. The molecule has 0 spiro atoms. The Hall–Kier alpha value is -2.11. The fraction of sp³-hybridized carbons (Fsp3) is 0.250. The van der Waals surface area contributed by atoms with Crippen LogP contribution in [-0.2, 0) is 16.6 Å². The summed E-state index contributed by atoms with van der Waals surface area (Å²) in [5, 5.41) is 4.78. The van der Waals surface area contributed by atoms with E-state index in [0.717, 1.165) is 16.7 Å². The van der Waals surface area contributed by atoms with Crippen LogP contribution in [0.3, 0.4) is 0 Å². The number of esters is 1. The second-order valence-corrected chi connectivity index (χ2v) is 5.48. The van der Waals surface area contributed by atoms with E-state index >= 15 is 0 Å². The van der Waals surface area contributed by atoms with Crippen molar-refractivity contribution in [2.24, 2.45) is 12.8 Å². The summed E-state index contributed by atoms with van der Waals surface area (Å²) in [7, 11) is 3.16. The van der Waals surface area contributed by atoms with Gasteiger partial charge in [0, 0.05) is 35.4 Å². The van der Waals surface area contributed by atoms with Crippen LogP contribution in [-0.4, -0.2) is 22.9 Å². The Kier molecular flexibility index (Phi) is 5.00. The summed E-state index contributed by atoms with van der Waals surface area (Å²) in [6, 6.07) is 5.09. The Bertz CT molecular complexity index is 709. The van der Waals surface area contributed by atoms with Crippen molar-refractivity contribution in [2.75, 3.05) is 7.11 Å². The molecule has 22 heavy (non-hydrogen) atoms. The smallest absolute Gasteiger partial charge is 0.333 e. The van der Waals surface area contributed by atoms with Crippen LogP contribution in [0.5, 0.6) is 0 Å². The first-order chi connectivity index (χ1) is 10.4. The van der Waals surface area contributed by atoms with Gasteiger partial charge in [-0.15, -0.1) is 0 Å². The van der Waals surface area contributed by atoms with Crippen molar-refractivity contribution in [1.29, 1.82) is 0 Å². The van der Waals surface area contributed by atoms with Gasteiger partial charge in [0.1, 0.15) is 0 Å². The van der Waals surface area contributed by atoms with Gasteiger partial charge < -0.3 is 10.5 Å². The van der Waals surface area contributed by atoms with Crippen LogP contribution < -0.4 is 5.73 Å². The summed E-state index contributed by atoms with van der Waals surface area (Å²) in [6.07, 6.45) is 3.94. The second kappa shape index (κ2) is 6.77. The molecular formula is C16H18ClN3O2. The average molecular weight is 320 g/mol. The average Bonchev–Trinajstić information content (AvgIpc) is 2.92. The molecule has 1 aromatic heterocycles. The van der Waals surface area contributed by atoms with E-state index in [1.807, 2.05) is 25.4 Å². The molecule has 0 aliphatic heterocycles. The maximum absolute atomic E-state index is 11.5. The zero-order valence-electron chi connectivity index (χ0n) is 12.5. The highest BCUT2D eigenvalue weighted by molar-refractivity contribution is 6.30. The van der Waals surface area contributed by atoms with E-state index in [0.29, 0.717) is 17.0 Å². The molecule has 0 amide bonds. The Morgan fingerprint density at radius 3 is 2.86 bits per heavy atom. The van der Waals surface area contributed by atoms with Gasteiger partial charge in [0.05, 0.1) is 13.3 Å². The molecule has 5 nitrogen and oxygen atoms in total. The topological polar surface area (TPSA) is 70.1 Å². The molecule has 0 saturated carbocycles. The highest BCUT2D eigenvalue weighted by atomic mass is 35.5. The third-order valence-electron chi connectivity index (χ3n) is 3.37. The van der Waals surface area contributed by atoms with Gasteiger partial charge in [-0.2, -0.15) is 5.10 Å². The monoisotopic (exact) mass is 319 g/mol. The summed E-state index contributed by atoms with van der Waals surface area (Å²) in [6.45, 7) is 3.72. The Labute approximate surface area is 134 Å². The minimum atomic E-state index is -0.452. The summed E-state index contributed by atoms with van der Waals surface area (Å²) < 4.78 is 6.36. The molecule has 116 valence electrons. The van der Waals surface area contributed by atoms with Crippen LogP contribution in [0.25, 0.3) is 11.1 Å². The number of rotatable bonds is 5. The predicted molar refractivity (Wildman–Crippen MR) is 86.4 cm³/mol. The zero-order valence-corrected chi connectivity index (χ0v) is 13.3. The molecular weight excluding hydrogens is 302 g/mol. The van der Waals surface area contributed by atoms with Crippen molar-refractivity contribution in [3.05, 3.63) is 53.3 Å². The quantitative estimate of drug-likeness (QED) is 0.679. The van der Waals surface area contributed by atoms with Crippen molar-refractivity contribution in [3.8, 4) is 11.1 Å². The van der Waals surface area contributed by atoms with Gasteiger partial charge >= 0.3 is 5.97 Å². The number of aryl methyl sites for hydroxylation is 1. The molecule has 0 aliphatic carbocycles. The molecule has 2 rings (SSSR count). The number of benzene rings is 1. The van der Waals surface area contributed by atoms with E-state index in [1.165, 1.54) is 7.11 Å². The van der Waals surface area contributed by atoms with Gasteiger partial charge in [-0.25, -0.2) is 4.79 Å². The molecule has 0 radical (unpaired) electrons. The molecule has 1 unspecified atom stereocenters. The molecule has 0 fully saturated rings. The number of carbonyl (C=O) groups excluding carboxylic acids is 1. The minimum Gasteiger partial charge on any atom is -0.466 e. The van der Waals surface area contributed by atoms with Gasteiger partial charge in [0.25, 0.3) is 0 Å². The molecule has 6 heteroatoms. The Morgan fingerprint density at radius 2 is 2.27 bits per heavy atom. The van der Waals surface area contributed by atoms with Crippen LogP contribution in [0.1, 0.15) is 18.0 Å². The van der Waals surface area contributed by atoms with E-state index in [-0.39, 0.29) is 6.04 Å². The van der Waals surface area contributed by atoms with Crippen LogP contribution in [0, 0.1) is 0 Å². The number of halogens is 1. The lowest BCUT2D eigenvalue weighted by molar-refractivity contribution is -0.136. The summed E-state index contributed by atoms with van der Waals surface area (Å²) in [5.74, 6) is -0.452. The third-order valence-corrected chi connectivity index (χ3v) is 3.61. The standard InChI is InChI=1S/C16H18ClN3O2/c1-10(16(21)22-3)6-15(18)13-5-4-12(17)7-14(13)11-8-19-20(2)9-11/h4-5,7-9,15H,1,6,18H2,2-3H3. The van der Waals surface area contributed by atoms with Crippen molar-refractivity contribution in [3.63, 3.8) is 0 Å². The van der Waals surface area contributed by atoms with E-state index in [1.54, 1.807) is 16.9 Å². The first-order valence-corrected chi connectivity index (χ1v) is 7.10. The zero-order chi connectivity index (χ0) is 16.3. The lowest BCUT2D eigenvalue weighted by Gasteiger charge is -2.17. The Balaban J connectivity index is 2.34. The molecule has 2 N–H and O–H groups in total. The van der Waals surface area contributed by atoms with Gasteiger partial charge in [0.15, 0.2) is 0 Å². The normalized spacial score (nSPS) is 12.0. The van der Waals surface area contributed by atoms with Crippen LogP contribution >= 0.6 is 11.6 Å². The van der Waals surface area contributed by atoms with Crippen molar-refractivity contribution >= 4 is 17.6 Å². The van der Waals surface area contributed by atoms with Gasteiger partial charge in [-0.3, -0.25) is 4.68 Å². The van der Waals surface area contributed by atoms with E-state index in [4.69, 9.17) is 17.3 Å². The van der Waals surface area contributed by atoms with E-state index in [9.17, 15) is 4.79 Å². The van der Waals surface area contributed by atoms with Crippen molar-refractivity contribution in [1.82, 2.24) is 9.78 Å². The van der Waals surface area contributed by atoms with Gasteiger partial charge in [-0.1, -0.05) is 24.2 Å². The van der Waals surface area contributed by atoms with Gasteiger partial charge in [-0.05, 0) is 29.7 Å². The first kappa shape index (κ1) is 16.3. The lowest BCUT2D eigenvalue weighted by atomic mass is 9.93. The third kappa shape index (κ3) is 3.55. The summed E-state index contributed by atoms with van der Waals surface area (Å²) >= 11 is 6.10. The Morgan fingerprint density at radius 1 is 1.55 bits per heavy atom. The maximum Gasteiger partial charge on any atom is 0.333 e. The first-order valence-electron chi connectivity index (χ1n) is 6.72. The fourth-order valence-electron chi connectivity index (χ4n) is 2.27. The molecule has 1 heterocycles. The summed E-state index contributed by atoms with van der Waals surface area (Å²) in [5.41, 5.74) is 9.27. The number of nitrogens with zero attached hydrogens (tertiary/aromatic N) is 2. The SMILES string of the molecule is C=C(CC(N)c1ccc(Cl)cc1-c1cnn(C)c1)C(=O)OC. The summed E-state index contributed by atoms with van der Waals surface area (Å²) in [4.78, 5) is 11.5. The molecule has 0 saturated heterocycles. The number of carbonyl (C=O) groups is 1. The number of methoxy groups -OCH3 is 1. The van der Waals surface area contributed by atoms with Crippen molar-refractivity contribution in [2.45, 2.75) is 12.5 Å². The number of aromatic nitrogens is 2. The van der Waals surface area contributed by atoms with Crippen LogP contribution in [0.15, 0.2) is 42.7 Å². The number of nitrogens with two attached hydrogens (primary N) is 1. The molecule has 2 aromatic rings. The lowest BCUT2D eigenvalue weighted by Crippen LogP contribution is -2.15. The number of ether oxygens (including phenoxy) is 1. The molecule has 1 aromatic carbocycles.